The van der Waals surface area contributed by atoms with E-state index in [2.05, 4.69) is 15.0 Å². The minimum absolute atomic E-state index is 0.229. The highest BCUT2D eigenvalue weighted by atomic mass is 32.1. The SMILES string of the molecule is COCCN(Cc1nc(C(=O)OC)cs1)C(=O)Nc1cccc(OC)c1. The van der Waals surface area contributed by atoms with Crippen LogP contribution in [0.4, 0.5) is 10.5 Å². The van der Waals surface area contributed by atoms with Crippen LogP contribution in [0.1, 0.15) is 15.5 Å². The molecule has 0 bridgehead atoms. The lowest BCUT2D eigenvalue weighted by atomic mass is 10.3. The lowest BCUT2D eigenvalue weighted by Gasteiger charge is -2.22. The molecule has 1 heterocycles. The molecule has 0 unspecified atom stereocenters. The third kappa shape index (κ3) is 5.43. The maximum absolute atomic E-state index is 12.6. The Morgan fingerprint density at radius 2 is 2.08 bits per heavy atom. The van der Waals surface area contributed by atoms with Crippen LogP contribution in [0.2, 0.25) is 0 Å². The highest BCUT2D eigenvalue weighted by molar-refractivity contribution is 7.09. The third-order valence-electron chi connectivity index (χ3n) is 3.45. The number of anilines is 1. The molecule has 8 nitrogen and oxygen atoms in total. The number of thiazole rings is 1. The number of hydrogen-bond acceptors (Lipinski definition) is 7. The maximum Gasteiger partial charge on any atom is 0.357 e. The molecule has 0 atom stereocenters. The summed E-state index contributed by atoms with van der Waals surface area (Å²) < 4.78 is 14.9. The van der Waals surface area contributed by atoms with Gasteiger partial charge in [-0.1, -0.05) is 6.07 Å². The summed E-state index contributed by atoms with van der Waals surface area (Å²) in [5.41, 5.74) is 0.846. The summed E-state index contributed by atoms with van der Waals surface area (Å²) in [4.78, 5) is 29.9. The Morgan fingerprint density at radius 3 is 2.77 bits per heavy atom. The Morgan fingerprint density at radius 1 is 1.27 bits per heavy atom. The number of esters is 1. The number of benzene rings is 1. The van der Waals surface area contributed by atoms with Gasteiger partial charge in [-0.25, -0.2) is 14.6 Å². The highest BCUT2D eigenvalue weighted by Gasteiger charge is 2.18. The molecule has 1 N–H and O–H groups in total. The van der Waals surface area contributed by atoms with E-state index in [1.54, 1.807) is 48.8 Å². The van der Waals surface area contributed by atoms with Gasteiger partial charge in [-0.2, -0.15) is 0 Å². The summed E-state index contributed by atoms with van der Waals surface area (Å²) in [7, 11) is 4.43. The number of urea groups is 1. The number of rotatable bonds is 8. The summed E-state index contributed by atoms with van der Waals surface area (Å²) in [6, 6.07) is 6.78. The fourth-order valence-electron chi connectivity index (χ4n) is 2.10. The van der Waals surface area contributed by atoms with Gasteiger partial charge in [0.25, 0.3) is 0 Å². The first-order chi connectivity index (χ1) is 12.6. The van der Waals surface area contributed by atoms with Crippen LogP contribution < -0.4 is 10.1 Å². The van der Waals surface area contributed by atoms with Crippen molar-refractivity contribution in [1.82, 2.24) is 9.88 Å². The lowest BCUT2D eigenvalue weighted by Crippen LogP contribution is -2.36. The van der Waals surface area contributed by atoms with E-state index >= 15 is 0 Å². The first-order valence-corrected chi connectivity index (χ1v) is 8.67. The fraction of sp³-hybridized carbons (Fsp3) is 0.353. The average Bonchev–Trinajstić information content (AvgIpc) is 3.13. The van der Waals surface area contributed by atoms with Crippen molar-refractivity contribution < 1.29 is 23.8 Å². The van der Waals surface area contributed by atoms with Crippen molar-refractivity contribution in [2.75, 3.05) is 39.8 Å². The van der Waals surface area contributed by atoms with E-state index in [0.717, 1.165) is 0 Å². The van der Waals surface area contributed by atoms with Crippen LogP contribution in [0.15, 0.2) is 29.6 Å². The molecule has 0 aliphatic rings. The van der Waals surface area contributed by atoms with Gasteiger partial charge in [0, 0.05) is 30.8 Å². The van der Waals surface area contributed by atoms with Crippen LogP contribution >= 0.6 is 11.3 Å². The van der Waals surface area contributed by atoms with Gasteiger partial charge in [-0.3, -0.25) is 0 Å². The normalized spacial score (nSPS) is 10.3. The number of carbonyl (C=O) groups excluding carboxylic acids is 2. The molecule has 1 aromatic heterocycles. The van der Waals surface area contributed by atoms with Crippen molar-refractivity contribution in [3.05, 3.63) is 40.3 Å². The predicted molar refractivity (Wildman–Crippen MR) is 97.8 cm³/mol. The van der Waals surface area contributed by atoms with E-state index in [-0.39, 0.29) is 18.3 Å². The summed E-state index contributed by atoms with van der Waals surface area (Å²) >= 11 is 1.29. The van der Waals surface area contributed by atoms with Crippen LogP contribution in [-0.4, -0.2) is 56.4 Å². The van der Waals surface area contributed by atoms with Gasteiger partial charge in [0.05, 0.1) is 27.4 Å². The second-order valence-electron chi connectivity index (χ2n) is 5.19. The summed E-state index contributed by atoms with van der Waals surface area (Å²) in [5.74, 6) is 0.144. The molecule has 1 aromatic carbocycles. The number of nitrogens with one attached hydrogen (secondary N) is 1. The zero-order valence-electron chi connectivity index (χ0n) is 14.9. The summed E-state index contributed by atoms with van der Waals surface area (Å²) in [5, 5.41) is 5.06. The second-order valence-corrected chi connectivity index (χ2v) is 6.14. The van der Waals surface area contributed by atoms with Gasteiger partial charge in [-0.15, -0.1) is 11.3 Å². The van der Waals surface area contributed by atoms with Gasteiger partial charge in [-0.05, 0) is 12.1 Å². The molecule has 26 heavy (non-hydrogen) atoms. The lowest BCUT2D eigenvalue weighted by molar-refractivity contribution is 0.0594. The van der Waals surface area contributed by atoms with E-state index in [0.29, 0.717) is 29.6 Å². The van der Waals surface area contributed by atoms with E-state index in [9.17, 15) is 9.59 Å². The Hall–Kier alpha value is -2.65. The molecule has 9 heteroatoms. The van der Waals surface area contributed by atoms with Gasteiger partial charge in [0.1, 0.15) is 10.8 Å². The molecule has 0 spiro atoms. The molecular formula is C17H21N3O5S. The number of amides is 2. The Balaban J connectivity index is 2.08. The number of hydrogen-bond donors (Lipinski definition) is 1. The minimum atomic E-state index is -0.503. The topological polar surface area (TPSA) is 90.0 Å². The number of nitrogens with zero attached hydrogens (tertiary/aromatic N) is 2. The average molecular weight is 379 g/mol. The van der Waals surface area contributed by atoms with Crippen molar-refractivity contribution >= 4 is 29.0 Å². The molecule has 0 saturated heterocycles. The number of ether oxygens (including phenoxy) is 3. The monoisotopic (exact) mass is 379 g/mol. The quantitative estimate of drug-likeness (QED) is 0.709. The van der Waals surface area contributed by atoms with Gasteiger partial charge < -0.3 is 24.4 Å². The van der Waals surface area contributed by atoms with Crippen LogP contribution in [0.3, 0.4) is 0 Å². The first kappa shape index (κ1) is 19.7. The standard InChI is InChI=1S/C17H21N3O5S/c1-23-8-7-20(10-15-19-14(11-26-15)16(21)25-3)17(22)18-12-5-4-6-13(9-12)24-2/h4-6,9,11H,7-8,10H2,1-3H3,(H,18,22). The minimum Gasteiger partial charge on any atom is -0.497 e. The fourth-order valence-corrected chi connectivity index (χ4v) is 2.88. The van der Waals surface area contributed by atoms with E-state index in [4.69, 9.17) is 9.47 Å². The molecule has 0 aliphatic heterocycles. The van der Waals surface area contributed by atoms with Crippen LogP contribution in [-0.2, 0) is 16.0 Å². The Kier molecular flexibility index (Phi) is 7.37. The van der Waals surface area contributed by atoms with Crippen molar-refractivity contribution in [3.8, 4) is 5.75 Å². The van der Waals surface area contributed by atoms with Gasteiger partial charge in [0.2, 0.25) is 0 Å². The van der Waals surface area contributed by atoms with Gasteiger partial charge >= 0.3 is 12.0 Å². The van der Waals surface area contributed by atoms with Crippen molar-refractivity contribution in [2.45, 2.75) is 6.54 Å². The maximum atomic E-state index is 12.6. The molecule has 2 amide bonds. The molecular weight excluding hydrogens is 358 g/mol. The molecule has 0 saturated carbocycles. The molecule has 2 rings (SSSR count). The largest absolute Gasteiger partial charge is 0.497 e. The zero-order valence-corrected chi connectivity index (χ0v) is 15.7. The second kappa shape index (κ2) is 9.73. The third-order valence-corrected chi connectivity index (χ3v) is 4.28. The van der Waals surface area contributed by atoms with Crippen LogP contribution in [0.5, 0.6) is 5.75 Å². The van der Waals surface area contributed by atoms with Gasteiger partial charge in [0.15, 0.2) is 5.69 Å². The Bertz CT molecular complexity index is 750. The number of methoxy groups -OCH3 is 3. The van der Waals surface area contributed by atoms with Crippen LogP contribution in [0, 0.1) is 0 Å². The van der Waals surface area contributed by atoms with E-state index in [1.807, 2.05) is 0 Å². The zero-order chi connectivity index (χ0) is 18.9. The molecule has 0 fully saturated rings. The number of aromatic nitrogens is 1. The Labute approximate surface area is 155 Å². The summed E-state index contributed by atoms with van der Waals surface area (Å²) in [6.07, 6.45) is 0. The molecule has 140 valence electrons. The predicted octanol–water partition coefficient (Wildman–Crippen LogP) is 2.62. The van der Waals surface area contributed by atoms with E-state index < -0.39 is 5.97 Å². The number of carbonyl (C=O) groups is 2. The highest BCUT2D eigenvalue weighted by Crippen LogP contribution is 2.18. The first-order valence-electron chi connectivity index (χ1n) is 7.79. The van der Waals surface area contributed by atoms with E-state index in [1.165, 1.54) is 18.4 Å². The smallest absolute Gasteiger partial charge is 0.357 e. The molecule has 2 aromatic rings. The summed E-state index contributed by atoms with van der Waals surface area (Å²) in [6.45, 7) is 1.00. The van der Waals surface area contributed by atoms with Crippen molar-refractivity contribution in [3.63, 3.8) is 0 Å². The van der Waals surface area contributed by atoms with Crippen molar-refractivity contribution in [2.24, 2.45) is 0 Å². The van der Waals surface area contributed by atoms with Crippen molar-refractivity contribution in [1.29, 1.82) is 0 Å². The molecule has 0 radical (unpaired) electrons. The van der Waals surface area contributed by atoms with Crippen LogP contribution in [0.25, 0.3) is 0 Å². The molecule has 0 aliphatic carbocycles.